The molecule has 0 aliphatic carbocycles. The van der Waals surface area contributed by atoms with Crippen LogP contribution in [-0.2, 0) is 12.8 Å². The second-order valence-electron chi connectivity index (χ2n) is 6.65. The Kier molecular flexibility index (Phi) is 5.70. The van der Waals surface area contributed by atoms with E-state index in [0.29, 0.717) is 0 Å². The summed E-state index contributed by atoms with van der Waals surface area (Å²) in [7, 11) is 0. The Bertz CT molecular complexity index is 1290. The normalized spacial score (nSPS) is 11.5. The number of nitrogens with zero attached hydrogens (tertiary/aromatic N) is 2. The van der Waals surface area contributed by atoms with Gasteiger partial charge >= 0.3 is 6.18 Å². The van der Waals surface area contributed by atoms with Crippen LogP contribution in [0.5, 0.6) is 5.75 Å². The molecule has 1 amide bonds. The summed E-state index contributed by atoms with van der Waals surface area (Å²) in [6.45, 7) is 0.0573. The van der Waals surface area contributed by atoms with Crippen molar-refractivity contribution in [3.8, 4) is 5.75 Å². The van der Waals surface area contributed by atoms with Crippen LogP contribution in [-0.4, -0.2) is 21.1 Å². The second kappa shape index (κ2) is 8.46. The Labute approximate surface area is 183 Å². The van der Waals surface area contributed by atoms with Gasteiger partial charge in [0, 0.05) is 0 Å². The number of benzene rings is 2. The zero-order valence-electron chi connectivity index (χ0n) is 16.0. The minimum atomic E-state index is -4.70. The maximum Gasteiger partial charge on any atom is 0.433 e. The number of nitrogens with one attached hydrogen (secondary N) is 2. The van der Waals surface area contributed by atoms with Crippen molar-refractivity contribution in [1.82, 2.24) is 15.2 Å². The molecule has 0 saturated carbocycles. The lowest BCUT2D eigenvalue weighted by molar-refractivity contribution is -0.139. The van der Waals surface area contributed by atoms with Crippen LogP contribution in [0.3, 0.4) is 0 Å². The number of carbonyl (C=O) groups excluding carboxylic acids is 1. The molecule has 4 aromatic rings. The molecule has 11 heteroatoms. The Balaban J connectivity index is 1.59. The number of pyridine rings is 1. The number of H-pyrrole nitrogens is 1. The lowest BCUT2D eigenvalue weighted by Gasteiger charge is -2.12. The molecule has 0 bridgehead atoms. The SMILES string of the molecule is O=C(Nc1cnc2n[nH]c(C(F)(F)F)c2c1)c1c(Cl)ccc(OCc2ccccc2)c1F. The number of aromatic amines is 1. The predicted octanol–water partition coefficient (Wildman–Crippen LogP) is 5.60. The van der Waals surface area contributed by atoms with Gasteiger partial charge in [0.2, 0.25) is 0 Å². The van der Waals surface area contributed by atoms with Gasteiger partial charge in [-0.15, -0.1) is 0 Å². The number of halogens is 5. The van der Waals surface area contributed by atoms with Crippen LogP contribution in [0.15, 0.2) is 54.7 Å². The number of aromatic nitrogens is 3. The monoisotopic (exact) mass is 464 g/mol. The number of anilines is 1. The van der Waals surface area contributed by atoms with Crippen molar-refractivity contribution in [2.45, 2.75) is 12.8 Å². The van der Waals surface area contributed by atoms with Crippen molar-refractivity contribution in [3.63, 3.8) is 0 Å². The Morgan fingerprint density at radius 2 is 1.91 bits per heavy atom. The molecule has 0 aliphatic rings. The van der Waals surface area contributed by atoms with Gasteiger partial charge in [0.25, 0.3) is 5.91 Å². The summed E-state index contributed by atoms with van der Waals surface area (Å²) in [5.74, 6) is -2.18. The number of amides is 1. The van der Waals surface area contributed by atoms with Crippen molar-refractivity contribution in [2.24, 2.45) is 0 Å². The van der Waals surface area contributed by atoms with Crippen molar-refractivity contribution >= 4 is 34.2 Å². The standard InChI is InChI=1S/C21H13ClF4N4O2/c22-14-6-7-15(32-10-11-4-2-1-3-5-11)17(23)16(14)20(31)28-12-8-13-18(21(24,25)26)29-30-19(13)27-9-12/h1-9H,10H2,(H,28,31)(H,27,29,30). The molecule has 0 aliphatic heterocycles. The smallest absolute Gasteiger partial charge is 0.433 e. The van der Waals surface area contributed by atoms with E-state index in [9.17, 15) is 22.4 Å². The van der Waals surface area contributed by atoms with E-state index in [0.717, 1.165) is 17.8 Å². The van der Waals surface area contributed by atoms with Gasteiger partial charge in [-0.25, -0.2) is 9.37 Å². The summed E-state index contributed by atoms with van der Waals surface area (Å²) >= 11 is 6.01. The molecular weight excluding hydrogens is 452 g/mol. The molecule has 2 aromatic carbocycles. The van der Waals surface area contributed by atoms with Gasteiger partial charge in [0.15, 0.2) is 17.2 Å². The molecule has 0 atom stereocenters. The topological polar surface area (TPSA) is 79.9 Å². The van der Waals surface area contributed by atoms with Gasteiger partial charge in [-0.3, -0.25) is 9.89 Å². The van der Waals surface area contributed by atoms with Crippen LogP contribution in [0.4, 0.5) is 23.2 Å². The van der Waals surface area contributed by atoms with E-state index in [1.54, 1.807) is 24.3 Å². The average molecular weight is 465 g/mol. The number of hydrogen-bond donors (Lipinski definition) is 2. The van der Waals surface area contributed by atoms with Crippen LogP contribution in [0.2, 0.25) is 5.02 Å². The van der Waals surface area contributed by atoms with Crippen molar-refractivity contribution in [3.05, 3.63) is 82.4 Å². The fourth-order valence-electron chi connectivity index (χ4n) is 2.97. The summed E-state index contributed by atoms with van der Waals surface area (Å²) in [5, 5.41) is 7.13. The first-order chi connectivity index (χ1) is 15.2. The largest absolute Gasteiger partial charge is 0.486 e. The average Bonchev–Trinajstić information content (AvgIpc) is 3.18. The first-order valence-corrected chi connectivity index (χ1v) is 9.49. The quantitative estimate of drug-likeness (QED) is 0.377. The van der Waals surface area contributed by atoms with Gasteiger partial charge in [-0.1, -0.05) is 41.9 Å². The number of ether oxygens (including phenoxy) is 1. The third-order valence-corrected chi connectivity index (χ3v) is 4.79. The first kappa shape index (κ1) is 21.6. The number of alkyl halides is 3. The summed E-state index contributed by atoms with van der Waals surface area (Å²) in [6, 6.07) is 12.6. The summed E-state index contributed by atoms with van der Waals surface area (Å²) in [5.41, 5.74) is -1.12. The minimum Gasteiger partial charge on any atom is -0.486 e. The molecule has 2 aromatic heterocycles. The molecule has 2 heterocycles. The van der Waals surface area contributed by atoms with E-state index < -0.39 is 29.2 Å². The third-order valence-electron chi connectivity index (χ3n) is 4.47. The highest BCUT2D eigenvalue weighted by Gasteiger charge is 2.35. The first-order valence-electron chi connectivity index (χ1n) is 9.11. The van der Waals surface area contributed by atoms with Crippen LogP contribution >= 0.6 is 11.6 Å². The third kappa shape index (κ3) is 4.35. The Morgan fingerprint density at radius 3 is 2.62 bits per heavy atom. The Hall–Kier alpha value is -3.66. The molecule has 0 spiro atoms. The van der Waals surface area contributed by atoms with Gasteiger partial charge < -0.3 is 10.1 Å². The zero-order chi connectivity index (χ0) is 22.9. The second-order valence-corrected chi connectivity index (χ2v) is 7.06. The van der Waals surface area contributed by atoms with E-state index in [2.05, 4.69) is 15.4 Å². The molecule has 0 fully saturated rings. The fourth-order valence-corrected chi connectivity index (χ4v) is 3.20. The number of rotatable bonds is 5. The molecular formula is C21H13ClF4N4O2. The molecule has 0 radical (unpaired) electrons. The maximum absolute atomic E-state index is 15.0. The molecule has 2 N–H and O–H groups in total. The highest BCUT2D eigenvalue weighted by Crippen LogP contribution is 2.34. The number of fused-ring (bicyclic) bond motifs is 1. The number of carbonyl (C=O) groups is 1. The molecule has 32 heavy (non-hydrogen) atoms. The van der Waals surface area contributed by atoms with Crippen LogP contribution < -0.4 is 10.1 Å². The van der Waals surface area contributed by atoms with Crippen molar-refractivity contribution in [2.75, 3.05) is 5.32 Å². The highest BCUT2D eigenvalue weighted by molar-refractivity contribution is 6.34. The van der Waals surface area contributed by atoms with Gasteiger partial charge in [0.1, 0.15) is 12.3 Å². The summed E-state index contributed by atoms with van der Waals surface area (Å²) in [6.07, 6.45) is -3.60. The molecule has 0 saturated heterocycles. The van der Waals surface area contributed by atoms with Crippen LogP contribution in [0.1, 0.15) is 21.6 Å². The van der Waals surface area contributed by atoms with Gasteiger partial charge in [0.05, 0.1) is 27.9 Å². The van der Waals surface area contributed by atoms with Gasteiger partial charge in [-0.05, 0) is 23.8 Å². The predicted molar refractivity (Wildman–Crippen MR) is 109 cm³/mol. The van der Waals surface area contributed by atoms with Crippen LogP contribution in [0, 0.1) is 5.82 Å². The lowest BCUT2D eigenvalue weighted by Crippen LogP contribution is -2.15. The van der Waals surface area contributed by atoms with E-state index >= 15 is 0 Å². The summed E-state index contributed by atoms with van der Waals surface area (Å²) in [4.78, 5) is 16.5. The van der Waals surface area contributed by atoms with Crippen LogP contribution in [0.25, 0.3) is 11.0 Å². The Morgan fingerprint density at radius 1 is 1.16 bits per heavy atom. The number of hydrogen-bond acceptors (Lipinski definition) is 4. The summed E-state index contributed by atoms with van der Waals surface area (Å²) < 4.78 is 59.7. The maximum atomic E-state index is 15.0. The van der Waals surface area contributed by atoms with Crippen molar-refractivity contribution < 1.29 is 27.1 Å². The molecule has 0 unspecified atom stereocenters. The zero-order valence-corrected chi connectivity index (χ0v) is 16.8. The molecule has 164 valence electrons. The molecule has 6 nitrogen and oxygen atoms in total. The van der Waals surface area contributed by atoms with Crippen molar-refractivity contribution in [1.29, 1.82) is 0 Å². The highest BCUT2D eigenvalue weighted by atomic mass is 35.5. The minimum absolute atomic E-state index is 0.0573. The lowest BCUT2D eigenvalue weighted by atomic mass is 10.1. The van der Waals surface area contributed by atoms with E-state index in [-0.39, 0.29) is 34.1 Å². The van der Waals surface area contributed by atoms with E-state index in [1.165, 1.54) is 12.1 Å². The van der Waals surface area contributed by atoms with E-state index in [4.69, 9.17) is 16.3 Å². The fraction of sp³-hybridized carbons (Fsp3) is 0.0952. The van der Waals surface area contributed by atoms with E-state index in [1.807, 2.05) is 11.2 Å². The van der Waals surface area contributed by atoms with Gasteiger partial charge in [-0.2, -0.15) is 18.3 Å². The molecule has 4 rings (SSSR count).